The Morgan fingerprint density at radius 3 is 2.35 bits per heavy atom. The highest BCUT2D eigenvalue weighted by molar-refractivity contribution is 7.89. The molecule has 1 aliphatic rings. The number of ether oxygens (including phenoxy) is 1. The molecule has 1 fully saturated rings. The maximum atomic E-state index is 12.0. The zero-order valence-electron chi connectivity index (χ0n) is 11.6. The second-order valence-corrected chi connectivity index (χ2v) is 7.01. The first-order chi connectivity index (χ1) is 9.35. The molecule has 8 heteroatoms. The lowest BCUT2D eigenvalue weighted by Gasteiger charge is -2.30. The number of hydrogen-bond donors (Lipinski definition) is 1. The van der Waals surface area contributed by atoms with Gasteiger partial charge in [-0.3, -0.25) is 9.59 Å². The molecule has 0 amide bonds. The minimum absolute atomic E-state index is 0.125. The summed E-state index contributed by atoms with van der Waals surface area (Å²) in [6.45, 7) is 0.793. The Kier molecular flexibility index (Phi) is 6.41. The molecule has 116 valence electrons. The fourth-order valence-corrected chi connectivity index (χ4v) is 3.70. The number of carbonyl (C=O) groups is 2. The highest BCUT2D eigenvalue weighted by Gasteiger charge is 2.28. The van der Waals surface area contributed by atoms with Crippen LogP contribution in [0.15, 0.2) is 0 Å². The number of carbonyl (C=O) groups excluding carboxylic acids is 1. The van der Waals surface area contributed by atoms with E-state index in [0.29, 0.717) is 32.4 Å². The third kappa shape index (κ3) is 5.46. The number of carboxylic acids is 1. The number of nitrogens with zero attached hydrogens (tertiary/aromatic N) is 1. The van der Waals surface area contributed by atoms with Crippen LogP contribution in [0.1, 0.15) is 32.1 Å². The lowest BCUT2D eigenvalue weighted by atomic mass is 9.93. The number of hydrogen-bond acceptors (Lipinski definition) is 5. The van der Waals surface area contributed by atoms with Crippen molar-refractivity contribution in [3.63, 3.8) is 0 Å². The molecule has 1 aliphatic heterocycles. The minimum atomic E-state index is -3.43. The first kappa shape index (κ1) is 16.9. The van der Waals surface area contributed by atoms with E-state index in [1.807, 2.05) is 0 Å². The van der Waals surface area contributed by atoms with Crippen molar-refractivity contribution in [2.45, 2.75) is 32.1 Å². The topological polar surface area (TPSA) is 101 Å². The summed E-state index contributed by atoms with van der Waals surface area (Å²) in [7, 11) is -2.20. The number of carboxylic acid groups (broad SMARTS) is 1. The summed E-state index contributed by atoms with van der Waals surface area (Å²) in [6, 6.07) is 0. The Morgan fingerprint density at radius 2 is 1.85 bits per heavy atom. The van der Waals surface area contributed by atoms with Gasteiger partial charge in [0.1, 0.15) is 0 Å². The Hall–Kier alpha value is -1.15. The van der Waals surface area contributed by atoms with Crippen LogP contribution < -0.4 is 0 Å². The van der Waals surface area contributed by atoms with Crippen LogP contribution in [-0.2, 0) is 24.3 Å². The molecule has 0 bridgehead atoms. The number of rotatable bonds is 7. The molecule has 0 aromatic heterocycles. The Balaban J connectivity index is 2.39. The molecule has 7 nitrogen and oxygen atoms in total. The summed E-state index contributed by atoms with van der Waals surface area (Å²) in [5, 5.41) is 8.62. The van der Waals surface area contributed by atoms with Crippen molar-refractivity contribution in [2.75, 3.05) is 26.0 Å². The molecule has 0 radical (unpaired) electrons. The van der Waals surface area contributed by atoms with Crippen molar-refractivity contribution in [1.29, 1.82) is 0 Å². The van der Waals surface area contributed by atoms with Crippen LogP contribution in [0, 0.1) is 5.92 Å². The summed E-state index contributed by atoms with van der Waals surface area (Å²) in [5.74, 6) is -1.33. The molecular formula is C12H21NO6S. The van der Waals surface area contributed by atoms with Crippen LogP contribution in [0.5, 0.6) is 0 Å². The van der Waals surface area contributed by atoms with Crippen LogP contribution in [0.3, 0.4) is 0 Å². The summed E-state index contributed by atoms with van der Waals surface area (Å²) in [6.07, 6.45) is 1.92. The third-order valence-corrected chi connectivity index (χ3v) is 5.40. The van der Waals surface area contributed by atoms with Gasteiger partial charge in [0.2, 0.25) is 10.0 Å². The van der Waals surface area contributed by atoms with Gasteiger partial charge < -0.3 is 9.84 Å². The van der Waals surface area contributed by atoms with Gasteiger partial charge in [-0.2, -0.15) is 0 Å². The van der Waals surface area contributed by atoms with E-state index in [2.05, 4.69) is 4.74 Å². The summed E-state index contributed by atoms with van der Waals surface area (Å²) in [5.41, 5.74) is 0. The van der Waals surface area contributed by atoms with Crippen molar-refractivity contribution in [3.05, 3.63) is 0 Å². The monoisotopic (exact) mass is 307 g/mol. The van der Waals surface area contributed by atoms with Crippen molar-refractivity contribution < 1.29 is 27.9 Å². The lowest BCUT2D eigenvalue weighted by Crippen LogP contribution is -2.40. The summed E-state index contributed by atoms with van der Waals surface area (Å²) in [4.78, 5) is 21.5. The summed E-state index contributed by atoms with van der Waals surface area (Å²) < 4.78 is 29.8. The van der Waals surface area contributed by atoms with Crippen LogP contribution in [-0.4, -0.2) is 55.7 Å². The first-order valence-electron chi connectivity index (χ1n) is 6.61. The smallest absolute Gasteiger partial charge is 0.306 e. The largest absolute Gasteiger partial charge is 0.481 e. The molecular weight excluding hydrogens is 286 g/mol. The van der Waals surface area contributed by atoms with Gasteiger partial charge in [-0.15, -0.1) is 0 Å². The molecule has 0 unspecified atom stereocenters. The SMILES string of the molecule is COC(=O)CCS(=O)(=O)N1CCC(CCC(=O)O)CC1. The highest BCUT2D eigenvalue weighted by atomic mass is 32.2. The van der Waals surface area contributed by atoms with Gasteiger partial charge in [-0.05, 0) is 25.2 Å². The van der Waals surface area contributed by atoms with Crippen molar-refractivity contribution in [2.24, 2.45) is 5.92 Å². The van der Waals surface area contributed by atoms with Gasteiger partial charge >= 0.3 is 11.9 Å². The first-order valence-corrected chi connectivity index (χ1v) is 8.22. The second-order valence-electron chi connectivity index (χ2n) is 4.92. The molecule has 0 aromatic carbocycles. The third-order valence-electron chi connectivity index (χ3n) is 3.53. The summed E-state index contributed by atoms with van der Waals surface area (Å²) >= 11 is 0. The number of esters is 1. The normalized spacial score (nSPS) is 17.9. The molecule has 1 heterocycles. The molecule has 0 aliphatic carbocycles. The number of methoxy groups -OCH3 is 1. The molecule has 1 rings (SSSR count). The van der Waals surface area contributed by atoms with Crippen LogP contribution in [0.4, 0.5) is 0 Å². The van der Waals surface area contributed by atoms with Gasteiger partial charge in [-0.1, -0.05) is 0 Å². The van der Waals surface area contributed by atoms with E-state index in [1.165, 1.54) is 11.4 Å². The molecule has 0 atom stereocenters. The standard InChI is InChI=1S/C12H21NO6S/c1-19-12(16)6-9-20(17,18)13-7-4-10(5-8-13)2-3-11(14)15/h10H,2-9H2,1H3,(H,14,15). The Bertz CT molecular complexity index is 439. The van der Waals surface area contributed by atoms with E-state index in [1.54, 1.807) is 0 Å². The van der Waals surface area contributed by atoms with Gasteiger partial charge in [0, 0.05) is 19.5 Å². The van der Waals surface area contributed by atoms with E-state index >= 15 is 0 Å². The minimum Gasteiger partial charge on any atom is -0.481 e. The van der Waals surface area contributed by atoms with E-state index in [0.717, 1.165) is 0 Å². The Labute approximate surface area is 118 Å². The van der Waals surface area contributed by atoms with Crippen LogP contribution in [0.25, 0.3) is 0 Å². The maximum Gasteiger partial charge on any atom is 0.306 e. The number of aliphatic carboxylic acids is 1. The van der Waals surface area contributed by atoms with E-state index < -0.39 is 22.0 Å². The zero-order chi connectivity index (χ0) is 15.2. The second kappa shape index (κ2) is 7.58. The van der Waals surface area contributed by atoms with Crippen LogP contribution in [0.2, 0.25) is 0 Å². The highest BCUT2D eigenvalue weighted by Crippen LogP contribution is 2.23. The van der Waals surface area contributed by atoms with E-state index in [-0.39, 0.29) is 24.5 Å². The van der Waals surface area contributed by atoms with Crippen molar-refractivity contribution in [1.82, 2.24) is 4.31 Å². The molecule has 1 N–H and O–H groups in total. The number of sulfonamides is 1. The predicted molar refractivity (Wildman–Crippen MR) is 71.6 cm³/mol. The van der Waals surface area contributed by atoms with Crippen molar-refractivity contribution >= 4 is 22.0 Å². The van der Waals surface area contributed by atoms with Crippen molar-refractivity contribution in [3.8, 4) is 0 Å². The quantitative estimate of drug-likeness (QED) is 0.686. The van der Waals surface area contributed by atoms with E-state index in [9.17, 15) is 18.0 Å². The van der Waals surface area contributed by atoms with Gasteiger partial charge in [0.25, 0.3) is 0 Å². The average Bonchev–Trinajstić information content (AvgIpc) is 2.43. The fourth-order valence-electron chi connectivity index (χ4n) is 2.25. The molecule has 0 aromatic rings. The predicted octanol–water partition coefficient (Wildman–Crippen LogP) is 0.456. The molecule has 1 saturated heterocycles. The van der Waals surface area contributed by atoms with Gasteiger partial charge in [0.05, 0.1) is 19.3 Å². The van der Waals surface area contributed by atoms with E-state index in [4.69, 9.17) is 5.11 Å². The van der Waals surface area contributed by atoms with Crippen LogP contribution >= 0.6 is 0 Å². The molecule has 0 saturated carbocycles. The van der Waals surface area contributed by atoms with Gasteiger partial charge in [0.15, 0.2) is 0 Å². The average molecular weight is 307 g/mol. The maximum absolute atomic E-state index is 12.0. The molecule has 20 heavy (non-hydrogen) atoms. The molecule has 0 spiro atoms. The van der Waals surface area contributed by atoms with Gasteiger partial charge in [-0.25, -0.2) is 12.7 Å². The lowest BCUT2D eigenvalue weighted by molar-refractivity contribution is -0.140. The number of piperidine rings is 1. The Morgan fingerprint density at radius 1 is 1.25 bits per heavy atom. The zero-order valence-corrected chi connectivity index (χ0v) is 12.4. The fraction of sp³-hybridized carbons (Fsp3) is 0.833.